The van der Waals surface area contributed by atoms with Gasteiger partial charge in [0.15, 0.2) is 0 Å². The van der Waals surface area contributed by atoms with Crippen molar-refractivity contribution < 1.29 is 0 Å². The molecule has 0 saturated heterocycles. The summed E-state index contributed by atoms with van der Waals surface area (Å²) in [7, 11) is -1.20. The molecule has 0 amide bonds. The summed E-state index contributed by atoms with van der Waals surface area (Å²) in [6.45, 7) is 9.30. The summed E-state index contributed by atoms with van der Waals surface area (Å²) in [6, 6.07) is 6.85. The summed E-state index contributed by atoms with van der Waals surface area (Å²) in [5, 5.41) is 2.52. The van der Waals surface area contributed by atoms with E-state index in [1.165, 1.54) is 20.3 Å². The maximum absolute atomic E-state index is 4.68. The summed E-state index contributed by atoms with van der Waals surface area (Å²) in [4.78, 5) is 4.68. The first-order valence-electron chi connectivity index (χ1n) is 5.75. The van der Waals surface area contributed by atoms with Crippen LogP contribution >= 0.6 is 22.7 Å². The van der Waals surface area contributed by atoms with Gasteiger partial charge in [0.1, 0.15) is 0 Å². The van der Waals surface area contributed by atoms with E-state index in [-0.39, 0.29) is 0 Å². The number of nitrogens with zero attached hydrogens (tertiary/aromatic N) is 1. The Morgan fingerprint density at radius 2 is 1.76 bits per heavy atom. The fourth-order valence-corrected chi connectivity index (χ4v) is 5.77. The number of fused-ring (bicyclic) bond motifs is 3. The topological polar surface area (TPSA) is 12.9 Å². The SMILES string of the molecule is Cc1nc2c(ccc3sc([Si](C)(C)C)cc32)s1. The number of hydrogen-bond donors (Lipinski definition) is 0. The van der Waals surface area contributed by atoms with Crippen LogP contribution in [0.5, 0.6) is 0 Å². The Balaban J connectivity index is 2.38. The molecule has 0 atom stereocenters. The molecule has 1 aromatic carbocycles. The Morgan fingerprint density at radius 1 is 1.06 bits per heavy atom. The first-order chi connectivity index (χ1) is 7.95. The van der Waals surface area contributed by atoms with Gasteiger partial charge >= 0.3 is 0 Å². The molecule has 2 aromatic heterocycles. The molecular weight excluding hydrogens is 262 g/mol. The van der Waals surface area contributed by atoms with Gasteiger partial charge in [-0.25, -0.2) is 4.98 Å². The van der Waals surface area contributed by atoms with Crippen LogP contribution in [0.2, 0.25) is 19.6 Å². The molecule has 4 heteroatoms. The maximum atomic E-state index is 4.68. The Morgan fingerprint density at radius 3 is 2.47 bits per heavy atom. The van der Waals surface area contributed by atoms with Crippen molar-refractivity contribution in [1.82, 2.24) is 4.98 Å². The van der Waals surface area contributed by atoms with Crippen LogP contribution in [0.25, 0.3) is 20.3 Å². The van der Waals surface area contributed by atoms with Crippen LogP contribution in [-0.2, 0) is 0 Å². The quantitative estimate of drug-likeness (QED) is 0.602. The molecule has 0 N–H and O–H groups in total. The van der Waals surface area contributed by atoms with Crippen molar-refractivity contribution >= 4 is 55.6 Å². The van der Waals surface area contributed by atoms with E-state index in [2.05, 4.69) is 49.7 Å². The second kappa shape index (κ2) is 3.64. The fourth-order valence-electron chi connectivity index (χ4n) is 1.98. The third-order valence-corrected chi connectivity index (χ3v) is 8.52. The van der Waals surface area contributed by atoms with Crippen LogP contribution in [0.4, 0.5) is 0 Å². The molecule has 0 radical (unpaired) electrons. The molecule has 0 unspecified atom stereocenters. The first-order valence-corrected chi connectivity index (χ1v) is 10.9. The number of rotatable bonds is 1. The molecule has 0 spiro atoms. The van der Waals surface area contributed by atoms with Gasteiger partial charge in [-0.15, -0.1) is 22.7 Å². The van der Waals surface area contributed by atoms with E-state index < -0.39 is 8.07 Å². The Labute approximate surface area is 110 Å². The van der Waals surface area contributed by atoms with Crippen LogP contribution in [0.15, 0.2) is 18.2 Å². The van der Waals surface area contributed by atoms with Crippen molar-refractivity contribution in [3.8, 4) is 0 Å². The van der Waals surface area contributed by atoms with E-state index in [1.807, 2.05) is 11.3 Å². The number of aryl methyl sites for hydroxylation is 1. The Kier molecular flexibility index (Phi) is 2.44. The summed E-state index contributed by atoms with van der Waals surface area (Å²) in [6.07, 6.45) is 0. The molecule has 0 aliphatic carbocycles. The predicted octanol–water partition coefficient (Wildman–Crippen LogP) is 4.36. The largest absolute Gasteiger partial charge is 0.241 e. The van der Waals surface area contributed by atoms with Crippen LogP contribution < -0.4 is 4.50 Å². The van der Waals surface area contributed by atoms with E-state index in [0.29, 0.717) is 0 Å². The number of aromatic nitrogens is 1. The smallest absolute Gasteiger partial charge is 0.0908 e. The van der Waals surface area contributed by atoms with E-state index in [4.69, 9.17) is 0 Å². The van der Waals surface area contributed by atoms with Crippen molar-refractivity contribution in [3.63, 3.8) is 0 Å². The van der Waals surface area contributed by atoms with Gasteiger partial charge < -0.3 is 0 Å². The standard InChI is InChI=1S/C13H15NS2Si/c1-8-14-13-9-7-12(17(2,3)4)16-10(9)5-6-11(13)15-8/h5-7H,1-4H3. The molecule has 17 heavy (non-hydrogen) atoms. The Hall–Kier alpha value is -0.713. The lowest BCUT2D eigenvalue weighted by Crippen LogP contribution is -2.34. The highest BCUT2D eigenvalue weighted by Gasteiger charge is 2.20. The van der Waals surface area contributed by atoms with E-state index in [0.717, 1.165) is 5.01 Å². The number of thiazole rings is 1. The Bertz CT molecular complexity index is 703. The summed E-state index contributed by atoms with van der Waals surface area (Å²) in [5.74, 6) is 0. The average Bonchev–Trinajstić information content (AvgIpc) is 2.76. The van der Waals surface area contributed by atoms with Crippen molar-refractivity contribution in [2.45, 2.75) is 26.6 Å². The van der Waals surface area contributed by atoms with E-state index in [9.17, 15) is 0 Å². The van der Waals surface area contributed by atoms with Gasteiger partial charge in [-0.1, -0.05) is 19.6 Å². The lowest BCUT2D eigenvalue weighted by Gasteiger charge is -2.11. The van der Waals surface area contributed by atoms with Crippen molar-refractivity contribution in [2.75, 3.05) is 0 Å². The van der Waals surface area contributed by atoms with E-state index in [1.54, 1.807) is 15.8 Å². The molecule has 1 nitrogen and oxygen atoms in total. The van der Waals surface area contributed by atoms with Crippen molar-refractivity contribution in [2.24, 2.45) is 0 Å². The number of thiophene rings is 1. The summed E-state index contributed by atoms with van der Waals surface area (Å²) < 4.78 is 4.28. The zero-order chi connectivity index (χ0) is 12.2. The zero-order valence-corrected chi connectivity index (χ0v) is 13.1. The van der Waals surface area contributed by atoms with E-state index >= 15 is 0 Å². The predicted molar refractivity (Wildman–Crippen MR) is 82.7 cm³/mol. The second-order valence-electron chi connectivity index (χ2n) is 5.42. The van der Waals surface area contributed by atoms with Crippen LogP contribution in [0, 0.1) is 6.92 Å². The summed E-state index contributed by atoms with van der Waals surface area (Å²) in [5.41, 5.74) is 1.20. The van der Waals surface area contributed by atoms with Gasteiger partial charge in [-0.05, 0) is 29.6 Å². The van der Waals surface area contributed by atoms with Crippen LogP contribution in [0.3, 0.4) is 0 Å². The molecule has 3 rings (SSSR count). The highest BCUT2D eigenvalue weighted by atomic mass is 32.1. The van der Waals surface area contributed by atoms with Gasteiger partial charge in [0.2, 0.25) is 0 Å². The van der Waals surface area contributed by atoms with Crippen molar-refractivity contribution in [1.29, 1.82) is 0 Å². The van der Waals surface area contributed by atoms with Gasteiger partial charge in [-0.3, -0.25) is 0 Å². The molecule has 0 saturated carbocycles. The third-order valence-electron chi connectivity index (χ3n) is 2.90. The van der Waals surface area contributed by atoms with Gasteiger partial charge in [-0.2, -0.15) is 0 Å². The molecule has 0 fully saturated rings. The van der Waals surface area contributed by atoms with Crippen LogP contribution in [-0.4, -0.2) is 13.1 Å². The fraction of sp³-hybridized carbons (Fsp3) is 0.308. The molecule has 88 valence electrons. The highest BCUT2D eigenvalue weighted by molar-refractivity contribution is 7.31. The molecule has 0 aliphatic heterocycles. The molecular formula is C13H15NS2Si. The molecule has 0 bridgehead atoms. The average molecular weight is 277 g/mol. The lowest BCUT2D eigenvalue weighted by atomic mass is 10.2. The number of hydrogen-bond acceptors (Lipinski definition) is 3. The van der Waals surface area contributed by atoms with Gasteiger partial charge in [0.25, 0.3) is 0 Å². The van der Waals surface area contributed by atoms with Crippen LogP contribution in [0.1, 0.15) is 5.01 Å². The highest BCUT2D eigenvalue weighted by Crippen LogP contribution is 2.32. The molecule has 3 aromatic rings. The molecule has 2 heterocycles. The monoisotopic (exact) mass is 277 g/mol. The van der Waals surface area contributed by atoms with Gasteiger partial charge in [0, 0.05) is 10.1 Å². The minimum absolute atomic E-state index is 1.16. The normalized spacial score (nSPS) is 12.7. The second-order valence-corrected chi connectivity index (χ2v) is 13.1. The molecule has 0 aliphatic rings. The van der Waals surface area contributed by atoms with Gasteiger partial charge in [0.05, 0.1) is 23.3 Å². The first kappa shape index (κ1) is 11.4. The van der Waals surface area contributed by atoms with Crippen molar-refractivity contribution in [3.05, 3.63) is 23.2 Å². The lowest BCUT2D eigenvalue weighted by molar-refractivity contribution is 1.35. The third kappa shape index (κ3) is 1.84. The summed E-state index contributed by atoms with van der Waals surface area (Å²) >= 11 is 3.74. The maximum Gasteiger partial charge on any atom is 0.0908 e. The minimum atomic E-state index is -1.20. The number of benzene rings is 1. The zero-order valence-electron chi connectivity index (χ0n) is 10.5. The minimum Gasteiger partial charge on any atom is -0.241 e.